The third kappa shape index (κ3) is 5.55. The molecule has 0 bridgehead atoms. The molecule has 4 aromatic rings. The number of carbonyl (C=O) groups excluding carboxylic acids is 2. The maximum Gasteiger partial charge on any atom is 0.251 e. The van der Waals surface area contributed by atoms with E-state index in [-0.39, 0.29) is 5.91 Å². The van der Waals surface area contributed by atoms with Crippen LogP contribution >= 0.6 is 0 Å². The van der Waals surface area contributed by atoms with Gasteiger partial charge in [0, 0.05) is 19.2 Å². The Bertz CT molecular complexity index is 1410. The van der Waals surface area contributed by atoms with Crippen LogP contribution in [0.25, 0.3) is 11.1 Å². The highest BCUT2D eigenvalue weighted by atomic mass is 16.5. The van der Waals surface area contributed by atoms with Crippen molar-refractivity contribution in [2.75, 3.05) is 12.4 Å². The molecule has 0 heterocycles. The molecule has 6 nitrogen and oxygen atoms in total. The molecule has 0 spiro atoms. The van der Waals surface area contributed by atoms with Gasteiger partial charge in [-0.3, -0.25) is 9.59 Å². The minimum Gasteiger partial charge on any atom is -0.454 e. The van der Waals surface area contributed by atoms with Gasteiger partial charge in [0.2, 0.25) is 0 Å². The maximum absolute atomic E-state index is 12.8. The fourth-order valence-corrected chi connectivity index (χ4v) is 3.61. The lowest BCUT2D eigenvalue weighted by Crippen LogP contribution is -2.22. The summed E-state index contributed by atoms with van der Waals surface area (Å²) in [4.78, 5) is 24.0. The third-order valence-electron chi connectivity index (χ3n) is 5.51. The van der Waals surface area contributed by atoms with E-state index in [1.165, 1.54) is 0 Å². The van der Waals surface area contributed by atoms with Gasteiger partial charge in [-0.05, 0) is 59.2 Å². The van der Waals surface area contributed by atoms with E-state index in [1.807, 2.05) is 42.5 Å². The molecule has 35 heavy (non-hydrogen) atoms. The number of anilines is 1. The van der Waals surface area contributed by atoms with Crippen molar-refractivity contribution in [2.24, 2.45) is 0 Å². The van der Waals surface area contributed by atoms with Gasteiger partial charge in [-0.15, -0.1) is 0 Å². The molecule has 4 rings (SSSR count). The average molecular weight is 462 g/mol. The summed E-state index contributed by atoms with van der Waals surface area (Å²) in [6, 6.07) is 29.5. The van der Waals surface area contributed by atoms with E-state index in [0.717, 1.165) is 23.0 Å². The Morgan fingerprint density at radius 2 is 1.71 bits per heavy atom. The third-order valence-corrected chi connectivity index (χ3v) is 5.51. The fourth-order valence-electron chi connectivity index (χ4n) is 3.61. The summed E-state index contributed by atoms with van der Waals surface area (Å²) >= 11 is 0. The van der Waals surface area contributed by atoms with Crippen molar-refractivity contribution in [3.63, 3.8) is 0 Å². The van der Waals surface area contributed by atoms with E-state index in [4.69, 9.17) is 10.00 Å². The minimum atomic E-state index is -0.216. The number of benzene rings is 4. The normalized spacial score (nSPS) is 10.2. The molecule has 0 aromatic heterocycles. The predicted octanol–water partition coefficient (Wildman–Crippen LogP) is 5.80. The van der Waals surface area contributed by atoms with Crippen LogP contribution in [0.5, 0.6) is 11.5 Å². The van der Waals surface area contributed by atoms with Crippen LogP contribution in [0.4, 0.5) is 5.69 Å². The van der Waals surface area contributed by atoms with Gasteiger partial charge in [0.15, 0.2) is 12.0 Å². The second-order valence-electron chi connectivity index (χ2n) is 7.79. The van der Waals surface area contributed by atoms with Crippen LogP contribution in [-0.4, -0.2) is 19.2 Å². The summed E-state index contributed by atoms with van der Waals surface area (Å²) in [6.45, 7) is 0.372. The number of carbonyl (C=O) groups is 2. The molecule has 2 N–H and O–H groups in total. The Morgan fingerprint density at radius 3 is 2.46 bits per heavy atom. The summed E-state index contributed by atoms with van der Waals surface area (Å²) < 4.78 is 5.91. The standard InChI is InChI=1S/C29H23N3O3/c1-31-26-16-24(13-14-28(26)35-27-8-3-2-6-25(27)19-33)29(34)32-18-20-9-11-22(12-10-20)23-7-4-5-21(15-23)17-30/h2-16,19,31H,18H2,1H3,(H,32,34). The molecule has 0 fully saturated rings. The molecule has 6 heteroatoms. The summed E-state index contributed by atoms with van der Waals surface area (Å²) in [5.41, 5.74) is 5.10. The number of amides is 1. The van der Waals surface area contributed by atoms with Crippen molar-refractivity contribution in [2.45, 2.75) is 6.54 Å². The first-order valence-electron chi connectivity index (χ1n) is 11.0. The topological polar surface area (TPSA) is 91.2 Å². The molecular formula is C29H23N3O3. The maximum atomic E-state index is 12.8. The SMILES string of the molecule is CNc1cc(C(=O)NCc2ccc(-c3cccc(C#N)c3)cc2)ccc1Oc1ccccc1C=O. The first-order chi connectivity index (χ1) is 17.1. The number of hydrogen-bond donors (Lipinski definition) is 2. The molecule has 0 aliphatic carbocycles. The Kier molecular flexibility index (Phi) is 7.19. The van der Waals surface area contributed by atoms with Crippen LogP contribution in [0, 0.1) is 11.3 Å². The molecule has 0 aliphatic rings. The van der Waals surface area contributed by atoms with Crippen molar-refractivity contribution >= 4 is 17.9 Å². The molecule has 0 aliphatic heterocycles. The van der Waals surface area contributed by atoms with E-state index in [9.17, 15) is 9.59 Å². The van der Waals surface area contributed by atoms with Crippen molar-refractivity contribution in [3.8, 4) is 28.7 Å². The van der Waals surface area contributed by atoms with Gasteiger partial charge in [-0.25, -0.2) is 0 Å². The molecule has 4 aromatic carbocycles. The van der Waals surface area contributed by atoms with Crippen molar-refractivity contribution in [1.82, 2.24) is 5.32 Å². The van der Waals surface area contributed by atoms with Gasteiger partial charge < -0.3 is 15.4 Å². The number of para-hydroxylation sites is 1. The Hall–Kier alpha value is -4.89. The highest BCUT2D eigenvalue weighted by Crippen LogP contribution is 2.31. The Labute approximate surface area is 203 Å². The Morgan fingerprint density at radius 1 is 0.914 bits per heavy atom. The van der Waals surface area contributed by atoms with E-state index in [1.54, 1.807) is 55.6 Å². The molecule has 0 radical (unpaired) electrons. The van der Waals surface area contributed by atoms with Gasteiger partial charge >= 0.3 is 0 Å². The monoisotopic (exact) mass is 461 g/mol. The molecule has 0 saturated heterocycles. The lowest BCUT2D eigenvalue weighted by Gasteiger charge is -2.14. The molecule has 0 unspecified atom stereocenters. The summed E-state index contributed by atoms with van der Waals surface area (Å²) in [5.74, 6) is 0.737. The average Bonchev–Trinajstić information content (AvgIpc) is 2.92. The Balaban J connectivity index is 1.42. The van der Waals surface area contributed by atoms with Gasteiger partial charge in [-0.1, -0.05) is 48.5 Å². The van der Waals surface area contributed by atoms with Crippen LogP contribution in [-0.2, 0) is 6.54 Å². The molecule has 172 valence electrons. The van der Waals surface area contributed by atoms with E-state index < -0.39 is 0 Å². The van der Waals surface area contributed by atoms with Gasteiger partial charge in [0.05, 0.1) is 22.9 Å². The zero-order valence-corrected chi connectivity index (χ0v) is 19.1. The smallest absolute Gasteiger partial charge is 0.251 e. The first-order valence-corrected chi connectivity index (χ1v) is 11.0. The van der Waals surface area contributed by atoms with Crippen molar-refractivity contribution < 1.29 is 14.3 Å². The van der Waals surface area contributed by atoms with Crippen LogP contribution in [0.1, 0.15) is 31.8 Å². The minimum absolute atomic E-state index is 0.216. The quantitative estimate of drug-likeness (QED) is 0.324. The van der Waals surface area contributed by atoms with Crippen LogP contribution in [0.3, 0.4) is 0 Å². The zero-order valence-electron chi connectivity index (χ0n) is 19.1. The zero-order chi connectivity index (χ0) is 24.6. The van der Waals surface area contributed by atoms with Crippen molar-refractivity contribution in [3.05, 3.63) is 113 Å². The highest BCUT2D eigenvalue weighted by molar-refractivity contribution is 5.95. The van der Waals surface area contributed by atoms with Crippen LogP contribution in [0.2, 0.25) is 0 Å². The number of nitrogens with one attached hydrogen (secondary N) is 2. The molecule has 1 amide bonds. The largest absolute Gasteiger partial charge is 0.454 e. The molecule has 0 saturated carbocycles. The lowest BCUT2D eigenvalue weighted by molar-refractivity contribution is 0.0950. The summed E-state index contributed by atoms with van der Waals surface area (Å²) in [7, 11) is 1.74. The van der Waals surface area contributed by atoms with Crippen molar-refractivity contribution in [1.29, 1.82) is 5.26 Å². The fraction of sp³-hybridized carbons (Fsp3) is 0.0690. The van der Waals surface area contributed by atoms with E-state index in [0.29, 0.717) is 40.4 Å². The molecular weight excluding hydrogens is 438 g/mol. The number of nitrogens with zero attached hydrogens (tertiary/aromatic N) is 1. The van der Waals surface area contributed by atoms with Gasteiger partial charge in [0.25, 0.3) is 5.91 Å². The summed E-state index contributed by atoms with van der Waals surface area (Å²) in [6.07, 6.45) is 0.742. The van der Waals surface area contributed by atoms with Gasteiger partial charge in [-0.2, -0.15) is 5.26 Å². The van der Waals surface area contributed by atoms with Gasteiger partial charge in [0.1, 0.15) is 5.75 Å². The second kappa shape index (κ2) is 10.8. The lowest BCUT2D eigenvalue weighted by atomic mass is 10.0. The number of hydrogen-bond acceptors (Lipinski definition) is 5. The number of rotatable bonds is 8. The van der Waals surface area contributed by atoms with Crippen LogP contribution < -0.4 is 15.4 Å². The first kappa shape index (κ1) is 23.3. The van der Waals surface area contributed by atoms with E-state index in [2.05, 4.69) is 16.7 Å². The summed E-state index contributed by atoms with van der Waals surface area (Å²) in [5, 5.41) is 15.1. The van der Waals surface area contributed by atoms with Crippen LogP contribution in [0.15, 0.2) is 91.0 Å². The highest BCUT2D eigenvalue weighted by Gasteiger charge is 2.12. The van der Waals surface area contributed by atoms with E-state index >= 15 is 0 Å². The molecule has 0 atom stereocenters. The second-order valence-corrected chi connectivity index (χ2v) is 7.79. The predicted molar refractivity (Wildman–Crippen MR) is 136 cm³/mol. The number of ether oxygens (including phenoxy) is 1. The number of nitriles is 1. The number of aldehydes is 1.